The van der Waals surface area contributed by atoms with Crippen molar-refractivity contribution in [2.24, 2.45) is 5.92 Å². The molecule has 1 heteroatoms. The molecule has 0 aromatic rings. The Hall–Kier alpha value is -0.300. The van der Waals surface area contributed by atoms with Gasteiger partial charge in [0.25, 0.3) is 0 Å². The number of hydrogen-bond acceptors (Lipinski definition) is 1. The molecule has 0 aliphatic carbocycles. The Labute approximate surface area is 154 Å². The summed E-state index contributed by atoms with van der Waals surface area (Å²) >= 11 is 0. The molecule has 0 aromatic heterocycles. The first-order chi connectivity index (χ1) is 11.8. The lowest BCUT2D eigenvalue weighted by molar-refractivity contribution is 0.501. The van der Waals surface area contributed by atoms with Crippen LogP contribution in [0.5, 0.6) is 0 Å². The fraction of sp³-hybridized carbons (Fsp3) is 0.913. The van der Waals surface area contributed by atoms with E-state index in [9.17, 15) is 0 Å². The number of hydrogen-bond donors (Lipinski definition) is 1. The molecule has 1 nitrogen and oxygen atoms in total. The van der Waals surface area contributed by atoms with Gasteiger partial charge in [-0.25, -0.2) is 0 Å². The summed E-state index contributed by atoms with van der Waals surface area (Å²) < 4.78 is 0. The molecule has 0 saturated heterocycles. The van der Waals surface area contributed by atoms with Crippen molar-refractivity contribution in [3.8, 4) is 0 Å². The molecule has 0 spiro atoms. The van der Waals surface area contributed by atoms with E-state index < -0.39 is 0 Å². The van der Waals surface area contributed by atoms with E-state index in [-0.39, 0.29) is 0 Å². The molecule has 144 valence electrons. The van der Waals surface area contributed by atoms with Crippen molar-refractivity contribution in [3.05, 3.63) is 12.7 Å². The summed E-state index contributed by atoms with van der Waals surface area (Å²) in [7, 11) is 0. The van der Waals surface area contributed by atoms with Gasteiger partial charge >= 0.3 is 0 Å². The van der Waals surface area contributed by atoms with E-state index in [0.717, 1.165) is 19.0 Å². The summed E-state index contributed by atoms with van der Waals surface area (Å²) in [5.41, 5.74) is 0. The molecule has 0 amide bonds. The molecule has 1 N–H and O–H groups in total. The molecule has 0 saturated carbocycles. The van der Waals surface area contributed by atoms with E-state index in [0.29, 0.717) is 0 Å². The predicted molar refractivity (Wildman–Crippen MR) is 112 cm³/mol. The fourth-order valence-electron chi connectivity index (χ4n) is 3.30. The topological polar surface area (TPSA) is 12.0 Å². The molecule has 0 heterocycles. The first kappa shape index (κ1) is 23.7. The highest BCUT2D eigenvalue weighted by molar-refractivity contribution is 4.69. The second kappa shape index (κ2) is 20.7. The zero-order chi connectivity index (χ0) is 17.7. The molecule has 0 rings (SSSR count). The van der Waals surface area contributed by atoms with Crippen LogP contribution in [-0.4, -0.2) is 13.1 Å². The van der Waals surface area contributed by atoms with Gasteiger partial charge in [-0.2, -0.15) is 0 Å². The lowest BCUT2D eigenvalue weighted by atomic mass is 10.0. The molecule has 0 aromatic carbocycles. The molecule has 0 bridgehead atoms. The van der Waals surface area contributed by atoms with Crippen LogP contribution >= 0.6 is 0 Å². The molecule has 0 atom stereocenters. The van der Waals surface area contributed by atoms with E-state index in [1.54, 1.807) is 0 Å². The minimum atomic E-state index is 0.893. The van der Waals surface area contributed by atoms with E-state index in [1.807, 2.05) is 6.08 Å². The molecular formula is C23H47N. The minimum Gasteiger partial charge on any atom is -0.313 e. The highest BCUT2D eigenvalue weighted by atomic mass is 14.8. The number of rotatable bonds is 20. The Balaban J connectivity index is 2.97. The second-order valence-corrected chi connectivity index (χ2v) is 7.98. The smallest absolute Gasteiger partial charge is 0.0132 e. The summed E-state index contributed by atoms with van der Waals surface area (Å²) in [6.07, 6.45) is 25.1. The first-order valence-corrected chi connectivity index (χ1v) is 11.1. The van der Waals surface area contributed by atoms with Crippen molar-refractivity contribution in [1.82, 2.24) is 5.32 Å². The van der Waals surface area contributed by atoms with Crippen LogP contribution in [0.2, 0.25) is 0 Å². The molecule has 0 fully saturated rings. The van der Waals surface area contributed by atoms with Crippen molar-refractivity contribution in [1.29, 1.82) is 0 Å². The zero-order valence-electron chi connectivity index (χ0n) is 17.1. The quantitative estimate of drug-likeness (QED) is 0.177. The number of nitrogens with one attached hydrogen (secondary N) is 1. The van der Waals surface area contributed by atoms with Crippen LogP contribution in [0, 0.1) is 5.92 Å². The van der Waals surface area contributed by atoms with Gasteiger partial charge in [-0.3, -0.25) is 0 Å². The standard InChI is InChI=1S/C23H47N/c1-4-21-24-22-19-17-15-13-11-9-7-5-6-8-10-12-14-16-18-20-23(2)3/h4,23-24H,1,5-22H2,2-3H3. The van der Waals surface area contributed by atoms with Crippen molar-refractivity contribution in [3.63, 3.8) is 0 Å². The van der Waals surface area contributed by atoms with E-state index in [2.05, 4.69) is 25.7 Å². The number of unbranched alkanes of at least 4 members (excludes halogenated alkanes) is 14. The largest absolute Gasteiger partial charge is 0.313 e. The van der Waals surface area contributed by atoms with Gasteiger partial charge in [0, 0.05) is 6.54 Å². The average molecular weight is 338 g/mol. The van der Waals surface area contributed by atoms with Crippen LogP contribution in [0.3, 0.4) is 0 Å². The maximum atomic E-state index is 3.72. The van der Waals surface area contributed by atoms with Gasteiger partial charge in [-0.15, -0.1) is 6.58 Å². The third-order valence-corrected chi connectivity index (χ3v) is 4.92. The summed E-state index contributed by atoms with van der Waals surface area (Å²) in [6.45, 7) is 10.5. The summed E-state index contributed by atoms with van der Waals surface area (Å²) in [4.78, 5) is 0. The van der Waals surface area contributed by atoms with Gasteiger partial charge in [0.2, 0.25) is 0 Å². The van der Waals surface area contributed by atoms with Crippen molar-refractivity contribution in [2.75, 3.05) is 13.1 Å². The van der Waals surface area contributed by atoms with Gasteiger partial charge in [-0.1, -0.05) is 116 Å². The van der Waals surface area contributed by atoms with Crippen molar-refractivity contribution < 1.29 is 0 Å². The third kappa shape index (κ3) is 21.7. The highest BCUT2D eigenvalue weighted by Crippen LogP contribution is 2.14. The third-order valence-electron chi connectivity index (χ3n) is 4.92. The summed E-state index contributed by atoms with van der Waals surface area (Å²) in [6, 6.07) is 0. The average Bonchev–Trinajstić information content (AvgIpc) is 2.56. The second-order valence-electron chi connectivity index (χ2n) is 7.98. The van der Waals surface area contributed by atoms with Gasteiger partial charge in [0.15, 0.2) is 0 Å². The van der Waals surface area contributed by atoms with Crippen LogP contribution in [0.15, 0.2) is 12.7 Å². The first-order valence-electron chi connectivity index (χ1n) is 11.1. The van der Waals surface area contributed by atoms with Crippen LogP contribution < -0.4 is 5.32 Å². The Morgan fingerprint density at radius 1 is 0.625 bits per heavy atom. The maximum absolute atomic E-state index is 3.72. The van der Waals surface area contributed by atoms with E-state index >= 15 is 0 Å². The predicted octanol–water partition coefficient (Wildman–Crippen LogP) is 7.66. The molecule has 0 unspecified atom stereocenters. The van der Waals surface area contributed by atoms with Crippen LogP contribution in [0.4, 0.5) is 0 Å². The normalized spacial score (nSPS) is 11.3. The fourth-order valence-corrected chi connectivity index (χ4v) is 3.30. The Morgan fingerprint density at radius 2 is 1.00 bits per heavy atom. The van der Waals surface area contributed by atoms with Gasteiger partial charge in [0.05, 0.1) is 0 Å². The Bertz CT molecular complexity index is 234. The van der Waals surface area contributed by atoms with Gasteiger partial charge in [-0.05, 0) is 18.9 Å². The Kier molecular flexibility index (Phi) is 20.5. The van der Waals surface area contributed by atoms with E-state index in [1.165, 1.54) is 103 Å². The molecule has 0 aliphatic heterocycles. The lowest BCUT2D eigenvalue weighted by Gasteiger charge is -2.05. The summed E-state index contributed by atoms with van der Waals surface area (Å²) in [5.74, 6) is 0.893. The van der Waals surface area contributed by atoms with E-state index in [4.69, 9.17) is 0 Å². The molecule has 0 aliphatic rings. The van der Waals surface area contributed by atoms with Crippen molar-refractivity contribution >= 4 is 0 Å². The Morgan fingerprint density at radius 3 is 1.38 bits per heavy atom. The van der Waals surface area contributed by atoms with Crippen LogP contribution in [0.1, 0.15) is 117 Å². The van der Waals surface area contributed by atoms with Crippen molar-refractivity contribution in [2.45, 2.75) is 117 Å². The summed E-state index contributed by atoms with van der Waals surface area (Å²) in [5, 5.41) is 3.37. The minimum absolute atomic E-state index is 0.893. The SMILES string of the molecule is C=CCNCCCCCCCCCCCCCCCCCC(C)C. The highest BCUT2D eigenvalue weighted by Gasteiger charge is 1.96. The maximum Gasteiger partial charge on any atom is 0.0132 e. The monoisotopic (exact) mass is 337 g/mol. The zero-order valence-corrected chi connectivity index (χ0v) is 17.1. The van der Waals surface area contributed by atoms with Gasteiger partial charge in [0.1, 0.15) is 0 Å². The lowest BCUT2D eigenvalue weighted by Crippen LogP contribution is -2.14. The molecular weight excluding hydrogens is 290 g/mol. The van der Waals surface area contributed by atoms with Crippen LogP contribution in [0.25, 0.3) is 0 Å². The molecule has 0 radical (unpaired) electrons. The van der Waals surface area contributed by atoms with Crippen LogP contribution in [-0.2, 0) is 0 Å². The van der Waals surface area contributed by atoms with Gasteiger partial charge < -0.3 is 5.32 Å². The molecule has 24 heavy (non-hydrogen) atoms.